The van der Waals surface area contributed by atoms with Crippen molar-refractivity contribution >= 4 is 17.3 Å². The van der Waals surface area contributed by atoms with Crippen LogP contribution in [0, 0.1) is 12.7 Å². The maximum Gasteiger partial charge on any atom is 0.226 e. The minimum absolute atomic E-state index is 0.0343. The van der Waals surface area contributed by atoms with Crippen LogP contribution < -0.4 is 15.5 Å². The van der Waals surface area contributed by atoms with Crippen molar-refractivity contribution in [2.75, 3.05) is 18.5 Å². The SMILES string of the molecule is CCC(=O)N(C)c1cc(CN[C@@H]2CC[C@@H](NCC3=C/C=C\C/C=C\N=C\3C)C[C@@H]2F)c(F)cc1C. The number of alkyl halides is 1. The van der Waals surface area contributed by atoms with Crippen LogP contribution in [-0.2, 0) is 11.3 Å². The lowest BCUT2D eigenvalue weighted by Gasteiger charge is -2.33. The second-order valence-electron chi connectivity index (χ2n) is 9.39. The summed E-state index contributed by atoms with van der Waals surface area (Å²) < 4.78 is 29.6. The van der Waals surface area contributed by atoms with Gasteiger partial charge in [0.15, 0.2) is 0 Å². The number of hydrogen-bond donors (Lipinski definition) is 2. The predicted molar refractivity (Wildman–Crippen MR) is 140 cm³/mol. The molecule has 0 radical (unpaired) electrons. The number of amides is 1. The molecule has 2 aliphatic rings. The van der Waals surface area contributed by atoms with Crippen molar-refractivity contribution in [2.45, 2.75) is 77.7 Å². The molecule has 1 aromatic carbocycles. The largest absolute Gasteiger partial charge is 0.315 e. The molecule has 1 fully saturated rings. The molecule has 5 nitrogen and oxygen atoms in total. The van der Waals surface area contributed by atoms with E-state index in [0.717, 1.165) is 24.1 Å². The fraction of sp³-hybridized carbons (Fsp3) is 0.500. The molecule has 0 saturated heterocycles. The number of aliphatic imine (C=N–C) groups is 1. The second kappa shape index (κ2) is 12.9. The number of nitrogens with one attached hydrogen (secondary N) is 2. The number of anilines is 1. The molecule has 0 spiro atoms. The zero-order chi connectivity index (χ0) is 25.4. The Kier molecular flexibility index (Phi) is 9.93. The molecule has 1 saturated carbocycles. The van der Waals surface area contributed by atoms with E-state index >= 15 is 4.39 Å². The summed E-state index contributed by atoms with van der Waals surface area (Å²) >= 11 is 0. The average Bonchev–Trinajstić information content (AvgIpc) is 2.94. The molecule has 1 aromatic rings. The van der Waals surface area contributed by atoms with Gasteiger partial charge in [0.25, 0.3) is 0 Å². The van der Waals surface area contributed by atoms with Crippen molar-refractivity contribution in [1.29, 1.82) is 0 Å². The molecule has 3 rings (SSSR count). The zero-order valence-corrected chi connectivity index (χ0v) is 21.3. The van der Waals surface area contributed by atoms with Crippen LogP contribution in [0.15, 0.2) is 53.2 Å². The van der Waals surface area contributed by atoms with E-state index in [-0.39, 0.29) is 30.4 Å². The van der Waals surface area contributed by atoms with Gasteiger partial charge in [0.05, 0.1) is 0 Å². The Morgan fingerprint density at radius 3 is 2.71 bits per heavy atom. The highest BCUT2D eigenvalue weighted by Crippen LogP contribution is 2.26. The zero-order valence-electron chi connectivity index (χ0n) is 21.3. The molecule has 2 N–H and O–H groups in total. The number of halogens is 2. The van der Waals surface area contributed by atoms with Gasteiger partial charge in [-0.05, 0) is 62.8 Å². The number of nitrogens with zero attached hydrogens (tertiary/aromatic N) is 2. The molecule has 0 bridgehead atoms. The highest BCUT2D eigenvalue weighted by molar-refractivity contribution is 5.99. The summed E-state index contributed by atoms with van der Waals surface area (Å²) in [7, 11) is 1.70. The number of allylic oxidation sites excluding steroid dienone is 4. The third-order valence-corrected chi connectivity index (χ3v) is 6.86. The average molecular weight is 485 g/mol. The predicted octanol–water partition coefficient (Wildman–Crippen LogP) is 5.31. The summed E-state index contributed by atoms with van der Waals surface area (Å²) in [5.41, 5.74) is 3.88. The normalized spacial score (nSPS) is 27.4. The van der Waals surface area contributed by atoms with E-state index in [0.29, 0.717) is 42.6 Å². The van der Waals surface area contributed by atoms with Gasteiger partial charge in [-0.3, -0.25) is 9.79 Å². The van der Waals surface area contributed by atoms with Crippen molar-refractivity contribution < 1.29 is 13.6 Å². The first kappa shape index (κ1) is 27.0. The topological polar surface area (TPSA) is 56.7 Å². The molecule has 0 aromatic heterocycles. The minimum atomic E-state index is -1.02. The first-order valence-corrected chi connectivity index (χ1v) is 12.5. The molecule has 7 heteroatoms. The maximum absolute atomic E-state index is 15.0. The smallest absolute Gasteiger partial charge is 0.226 e. The summed E-state index contributed by atoms with van der Waals surface area (Å²) in [5.74, 6) is -0.376. The molecule has 1 aliphatic heterocycles. The van der Waals surface area contributed by atoms with Gasteiger partial charge in [-0.2, -0.15) is 0 Å². The summed E-state index contributed by atoms with van der Waals surface area (Å²) in [5, 5.41) is 6.71. The number of hydrogen-bond acceptors (Lipinski definition) is 4. The summed E-state index contributed by atoms with van der Waals surface area (Å²) in [6, 6.07) is 2.90. The molecule has 1 heterocycles. The quantitative estimate of drug-likeness (QED) is 0.526. The van der Waals surface area contributed by atoms with E-state index in [1.807, 2.05) is 25.3 Å². The third-order valence-electron chi connectivity index (χ3n) is 6.86. The molecular formula is C28H38F2N4O. The Labute approximate surface area is 208 Å². The van der Waals surface area contributed by atoms with Gasteiger partial charge in [-0.25, -0.2) is 8.78 Å². The van der Waals surface area contributed by atoms with E-state index < -0.39 is 6.17 Å². The van der Waals surface area contributed by atoms with Gasteiger partial charge < -0.3 is 15.5 Å². The van der Waals surface area contributed by atoms with E-state index in [2.05, 4.69) is 27.8 Å². The van der Waals surface area contributed by atoms with Crippen molar-refractivity contribution in [3.8, 4) is 0 Å². The van der Waals surface area contributed by atoms with Gasteiger partial charge in [-0.1, -0.05) is 31.2 Å². The van der Waals surface area contributed by atoms with Gasteiger partial charge in [-0.15, -0.1) is 0 Å². The molecule has 190 valence electrons. The first-order chi connectivity index (χ1) is 16.8. The highest BCUT2D eigenvalue weighted by atomic mass is 19.1. The van der Waals surface area contributed by atoms with Crippen LogP contribution in [0.25, 0.3) is 0 Å². The lowest BCUT2D eigenvalue weighted by atomic mass is 9.89. The number of carbonyl (C=O) groups excluding carboxylic acids is 1. The van der Waals surface area contributed by atoms with Crippen LogP contribution in [-0.4, -0.2) is 43.5 Å². The third kappa shape index (κ3) is 7.42. The van der Waals surface area contributed by atoms with E-state index in [9.17, 15) is 9.18 Å². The fourth-order valence-corrected chi connectivity index (χ4v) is 4.56. The standard InChI is InChI=1S/C28H38F2N4O/c1-5-28(35)34(4)27-15-22(24(29)14-19(27)2)18-33-26-12-11-23(16-25(26)30)32-17-21-10-8-6-7-9-13-31-20(21)3/h6,8-10,13-15,23,25-26,32-33H,5,7,11-12,16-18H2,1-4H3/b8-6-,13-9-,21-10-,31-20+/t23-,25+,26-/m1/s1. The van der Waals surface area contributed by atoms with Gasteiger partial charge >= 0.3 is 0 Å². The maximum atomic E-state index is 15.0. The van der Waals surface area contributed by atoms with Crippen LogP contribution in [0.5, 0.6) is 0 Å². The number of benzene rings is 1. The Balaban J connectivity index is 1.55. The summed E-state index contributed by atoms with van der Waals surface area (Å²) in [6.07, 6.45) is 12.1. The second-order valence-corrected chi connectivity index (χ2v) is 9.39. The molecule has 0 unspecified atom stereocenters. The highest BCUT2D eigenvalue weighted by Gasteiger charge is 2.30. The lowest BCUT2D eigenvalue weighted by Crippen LogP contribution is -2.47. The molecule has 1 aliphatic carbocycles. The van der Waals surface area contributed by atoms with Crippen molar-refractivity contribution in [1.82, 2.24) is 10.6 Å². The Morgan fingerprint density at radius 1 is 1.17 bits per heavy atom. The lowest BCUT2D eigenvalue weighted by molar-refractivity contribution is -0.118. The van der Waals surface area contributed by atoms with Crippen molar-refractivity contribution in [2.24, 2.45) is 4.99 Å². The monoisotopic (exact) mass is 484 g/mol. The van der Waals surface area contributed by atoms with Crippen LogP contribution in [0.4, 0.5) is 14.5 Å². The fourth-order valence-electron chi connectivity index (χ4n) is 4.56. The van der Waals surface area contributed by atoms with Crippen molar-refractivity contribution in [3.63, 3.8) is 0 Å². The number of aryl methyl sites for hydroxylation is 1. The molecular weight excluding hydrogens is 446 g/mol. The Bertz CT molecular complexity index is 1010. The van der Waals surface area contributed by atoms with Gasteiger partial charge in [0, 0.05) is 61.8 Å². The van der Waals surface area contributed by atoms with Crippen LogP contribution in [0.1, 0.15) is 57.1 Å². The van der Waals surface area contributed by atoms with Crippen molar-refractivity contribution in [3.05, 3.63) is 65.2 Å². The molecule has 35 heavy (non-hydrogen) atoms. The number of rotatable bonds is 8. The van der Waals surface area contributed by atoms with E-state index in [1.165, 1.54) is 6.07 Å². The van der Waals surface area contributed by atoms with Crippen LogP contribution in [0.2, 0.25) is 0 Å². The van der Waals surface area contributed by atoms with Crippen LogP contribution in [0.3, 0.4) is 0 Å². The van der Waals surface area contributed by atoms with Crippen LogP contribution >= 0.6 is 0 Å². The van der Waals surface area contributed by atoms with E-state index in [4.69, 9.17) is 0 Å². The minimum Gasteiger partial charge on any atom is -0.315 e. The number of carbonyl (C=O) groups is 1. The Hall–Kier alpha value is -2.64. The van der Waals surface area contributed by atoms with Gasteiger partial charge in [0.1, 0.15) is 12.0 Å². The van der Waals surface area contributed by atoms with E-state index in [1.54, 1.807) is 31.9 Å². The summed E-state index contributed by atoms with van der Waals surface area (Å²) in [6.45, 7) is 6.44. The van der Waals surface area contributed by atoms with Gasteiger partial charge in [0.2, 0.25) is 5.91 Å². The molecule has 1 amide bonds. The molecule has 3 atom stereocenters. The summed E-state index contributed by atoms with van der Waals surface area (Å²) in [4.78, 5) is 18.1. The first-order valence-electron chi connectivity index (χ1n) is 12.5. The Morgan fingerprint density at radius 2 is 1.97 bits per heavy atom.